The molecule has 0 spiro atoms. The number of ether oxygens (including phenoxy) is 1. The molecule has 0 fully saturated rings. The van der Waals surface area contributed by atoms with Crippen LogP contribution < -0.4 is 4.74 Å². The monoisotopic (exact) mass is 245 g/mol. The molecular weight excluding hydrogens is 238 g/mol. The van der Waals surface area contributed by atoms with Gasteiger partial charge in [0.05, 0.1) is 17.1 Å². The van der Waals surface area contributed by atoms with E-state index in [0.29, 0.717) is 10.2 Å². The Morgan fingerprint density at radius 3 is 2.77 bits per heavy atom. The van der Waals surface area contributed by atoms with Gasteiger partial charge in [-0.1, -0.05) is 0 Å². The van der Waals surface area contributed by atoms with Crippen LogP contribution in [0.5, 0.6) is 5.88 Å². The molecule has 1 aromatic rings. The summed E-state index contributed by atoms with van der Waals surface area (Å²) < 4.78 is 5.26. The highest BCUT2D eigenvalue weighted by molar-refractivity contribution is 9.10. The van der Waals surface area contributed by atoms with Crippen molar-refractivity contribution in [3.05, 3.63) is 21.8 Å². The molecule has 1 rings (SSSR count). The van der Waals surface area contributed by atoms with E-state index < -0.39 is 5.97 Å². The third-order valence-electron chi connectivity index (χ3n) is 1.48. The Morgan fingerprint density at radius 2 is 2.31 bits per heavy atom. The van der Waals surface area contributed by atoms with E-state index in [9.17, 15) is 4.79 Å². The Labute approximate surface area is 83.7 Å². The number of aromatic carboxylic acids is 1. The van der Waals surface area contributed by atoms with E-state index in [1.54, 1.807) is 6.92 Å². The van der Waals surface area contributed by atoms with Gasteiger partial charge in [-0.25, -0.2) is 9.78 Å². The average Bonchev–Trinajstić information content (AvgIpc) is 2.08. The number of methoxy groups -OCH3 is 1. The number of aromatic nitrogens is 1. The quantitative estimate of drug-likeness (QED) is 0.865. The zero-order valence-electron chi connectivity index (χ0n) is 7.17. The fraction of sp³-hybridized carbons (Fsp3) is 0.250. The highest BCUT2D eigenvalue weighted by Gasteiger charge is 2.14. The van der Waals surface area contributed by atoms with Crippen molar-refractivity contribution in [3.8, 4) is 5.88 Å². The maximum Gasteiger partial charge on any atom is 0.337 e. The third kappa shape index (κ3) is 1.98. The van der Waals surface area contributed by atoms with E-state index in [1.807, 2.05) is 0 Å². The first-order valence-electron chi connectivity index (χ1n) is 3.50. The van der Waals surface area contributed by atoms with Crippen LogP contribution in [0.15, 0.2) is 10.5 Å². The van der Waals surface area contributed by atoms with Crippen molar-refractivity contribution in [2.24, 2.45) is 0 Å². The smallest absolute Gasteiger partial charge is 0.337 e. The summed E-state index contributed by atoms with van der Waals surface area (Å²) in [6.07, 6.45) is 0. The summed E-state index contributed by atoms with van der Waals surface area (Å²) in [5.74, 6) is -0.715. The van der Waals surface area contributed by atoms with Gasteiger partial charge in [0, 0.05) is 5.69 Å². The molecule has 0 aliphatic heterocycles. The van der Waals surface area contributed by atoms with Crippen molar-refractivity contribution in [1.29, 1.82) is 0 Å². The van der Waals surface area contributed by atoms with Crippen LogP contribution in [0.4, 0.5) is 0 Å². The van der Waals surface area contributed by atoms with Gasteiger partial charge < -0.3 is 9.84 Å². The number of rotatable bonds is 2. The summed E-state index contributed by atoms with van der Waals surface area (Å²) in [5, 5.41) is 8.80. The van der Waals surface area contributed by atoms with Crippen molar-refractivity contribution < 1.29 is 14.6 Å². The lowest BCUT2D eigenvalue weighted by molar-refractivity contribution is 0.0695. The van der Waals surface area contributed by atoms with Crippen LogP contribution in [0, 0.1) is 6.92 Å². The number of carboxylic acids is 1. The second-order valence-electron chi connectivity index (χ2n) is 2.44. The first-order valence-corrected chi connectivity index (χ1v) is 4.30. The summed E-state index contributed by atoms with van der Waals surface area (Å²) in [6, 6.07) is 1.48. The van der Waals surface area contributed by atoms with E-state index in [4.69, 9.17) is 9.84 Å². The molecule has 70 valence electrons. The molecule has 5 heteroatoms. The first-order chi connectivity index (χ1) is 6.06. The Morgan fingerprint density at radius 1 is 1.69 bits per heavy atom. The van der Waals surface area contributed by atoms with Gasteiger partial charge in [0.15, 0.2) is 0 Å². The van der Waals surface area contributed by atoms with Crippen molar-refractivity contribution in [2.75, 3.05) is 7.11 Å². The number of halogens is 1. The lowest BCUT2D eigenvalue weighted by atomic mass is 10.2. The number of hydrogen-bond acceptors (Lipinski definition) is 3. The second kappa shape index (κ2) is 3.74. The average molecular weight is 246 g/mol. The van der Waals surface area contributed by atoms with E-state index in [1.165, 1.54) is 13.2 Å². The minimum atomic E-state index is -1.00. The molecule has 0 unspecified atom stereocenters. The van der Waals surface area contributed by atoms with Crippen LogP contribution in [0.25, 0.3) is 0 Å². The molecule has 0 amide bonds. The molecule has 0 aliphatic carbocycles. The van der Waals surface area contributed by atoms with Crippen molar-refractivity contribution >= 4 is 21.9 Å². The molecule has 4 nitrogen and oxygen atoms in total. The predicted octanol–water partition coefficient (Wildman–Crippen LogP) is 1.86. The Bertz CT molecular complexity index is 351. The Kier molecular flexibility index (Phi) is 2.87. The molecule has 1 heterocycles. The molecule has 13 heavy (non-hydrogen) atoms. The number of aryl methyl sites for hydroxylation is 1. The van der Waals surface area contributed by atoms with Gasteiger partial charge in [-0.15, -0.1) is 0 Å². The van der Waals surface area contributed by atoms with Crippen LogP contribution in [0.2, 0.25) is 0 Å². The standard InChI is InChI=1S/C8H8BrNO3/c1-4-3-5(8(11)12)6(9)7(10-4)13-2/h3H,1-2H3,(H,11,12). The fourth-order valence-corrected chi connectivity index (χ4v) is 1.45. The van der Waals surface area contributed by atoms with Crippen molar-refractivity contribution in [1.82, 2.24) is 4.98 Å². The normalized spacial score (nSPS) is 9.77. The first kappa shape index (κ1) is 9.98. The predicted molar refractivity (Wildman–Crippen MR) is 50.2 cm³/mol. The summed E-state index contributed by atoms with van der Waals surface area (Å²) in [6.45, 7) is 1.71. The Balaban J connectivity index is 3.35. The highest BCUT2D eigenvalue weighted by atomic mass is 79.9. The minimum absolute atomic E-state index is 0.157. The zero-order chi connectivity index (χ0) is 10.0. The topological polar surface area (TPSA) is 59.4 Å². The largest absolute Gasteiger partial charge is 0.480 e. The van der Waals surface area contributed by atoms with Crippen LogP contribution >= 0.6 is 15.9 Å². The number of carbonyl (C=O) groups is 1. The van der Waals surface area contributed by atoms with Crippen LogP contribution in [0.1, 0.15) is 16.1 Å². The van der Waals surface area contributed by atoms with Gasteiger partial charge in [0.25, 0.3) is 0 Å². The molecule has 0 atom stereocenters. The zero-order valence-corrected chi connectivity index (χ0v) is 8.75. The summed E-state index contributed by atoms with van der Waals surface area (Å²) >= 11 is 3.11. The van der Waals surface area contributed by atoms with E-state index >= 15 is 0 Å². The van der Waals surface area contributed by atoms with Gasteiger partial charge in [0.1, 0.15) is 0 Å². The van der Waals surface area contributed by atoms with Crippen molar-refractivity contribution in [2.45, 2.75) is 6.92 Å². The number of carboxylic acid groups (broad SMARTS) is 1. The number of pyridine rings is 1. The van der Waals surface area contributed by atoms with Gasteiger partial charge in [-0.2, -0.15) is 0 Å². The van der Waals surface area contributed by atoms with E-state index in [0.717, 1.165) is 0 Å². The highest BCUT2D eigenvalue weighted by Crippen LogP contribution is 2.27. The fourth-order valence-electron chi connectivity index (χ4n) is 0.920. The van der Waals surface area contributed by atoms with E-state index in [2.05, 4.69) is 20.9 Å². The number of hydrogen-bond donors (Lipinski definition) is 1. The van der Waals surface area contributed by atoms with E-state index in [-0.39, 0.29) is 11.4 Å². The molecule has 0 aliphatic rings. The SMILES string of the molecule is COc1nc(C)cc(C(=O)O)c1Br. The molecule has 0 radical (unpaired) electrons. The molecule has 0 aromatic carbocycles. The summed E-state index contributed by atoms with van der Waals surface area (Å²) in [5.41, 5.74) is 0.766. The lowest BCUT2D eigenvalue weighted by Crippen LogP contribution is -2.02. The molecule has 0 bridgehead atoms. The molecule has 0 saturated heterocycles. The van der Waals surface area contributed by atoms with Gasteiger partial charge in [-0.05, 0) is 28.9 Å². The maximum atomic E-state index is 10.7. The van der Waals surface area contributed by atoms with Gasteiger partial charge in [0.2, 0.25) is 5.88 Å². The lowest BCUT2D eigenvalue weighted by Gasteiger charge is -2.05. The number of nitrogens with zero attached hydrogens (tertiary/aromatic N) is 1. The van der Waals surface area contributed by atoms with Crippen LogP contribution in [-0.2, 0) is 0 Å². The van der Waals surface area contributed by atoms with Gasteiger partial charge in [-0.3, -0.25) is 0 Å². The maximum absolute atomic E-state index is 10.7. The Hall–Kier alpha value is -1.10. The van der Waals surface area contributed by atoms with Crippen LogP contribution in [-0.4, -0.2) is 23.2 Å². The minimum Gasteiger partial charge on any atom is -0.480 e. The molecular formula is C8H8BrNO3. The second-order valence-corrected chi connectivity index (χ2v) is 3.23. The third-order valence-corrected chi connectivity index (χ3v) is 2.25. The molecule has 1 N–H and O–H groups in total. The molecule has 1 aromatic heterocycles. The van der Waals surface area contributed by atoms with Crippen molar-refractivity contribution in [3.63, 3.8) is 0 Å². The summed E-state index contributed by atoms with van der Waals surface area (Å²) in [4.78, 5) is 14.7. The van der Waals surface area contributed by atoms with Gasteiger partial charge >= 0.3 is 5.97 Å². The van der Waals surface area contributed by atoms with Crippen LogP contribution in [0.3, 0.4) is 0 Å². The summed E-state index contributed by atoms with van der Waals surface area (Å²) in [7, 11) is 1.44. The molecule has 0 saturated carbocycles.